The summed E-state index contributed by atoms with van der Waals surface area (Å²) in [6.45, 7) is 10.8. The van der Waals surface area contributed by atoms with Gasteiger partial charge in [0.25, 0.3) is 0 Å². The van der Waals surface area contributed by atoms with Crippen molar-refractivity contribution in [1.82, 2.24) is 5.32 Å². The highest BCUT2D eigenvalue weighted by molar-refractivity contribution is 5.95. The number of aliphatic hydroxyl groups is 5. The van der Waals surface area contributed by atoms with Crippen LogP contribution in [0.5, 0.6) is 0 Å². The van der Waals surface area contributed by atoms with Crippen molar-refractivity contribution in [3.63, 3.8) is 0 Å². The number of fused-ring (bicyclic) bond motifs is 7. The third kappa shape index (κ3) is 3.77. The minimum atomic E-state index is -1.36. The molecule has 8 heteroatoms. The maximum absolute atomic E-state index is 13.4. The van der Waals surface area contributed by atoms with Crippen LogP contribution in [0.3, 0.4) is 0 Å². The predicted octanol–water partition coefficient (Wildman–Crippen LogP) is 1.56. The van der Waals surface area contributed by atoms with Gasteiger partial charge in [0, 0.05) is 23.7 Å². The van der Waals surface area contributed by atoms with Crippen molar-refractivity contribution >= 4 is 5.78 Å². The molecule has 4 aliphatic carbocycles. The first-order valence-corrected chi connectivity index (χ1v) is 14.7. The maximum Gasteiger partial charge on any atom is 0.159 e. The van der Waals surface area contributed by atoms with Gasteiger partial charge in [-0.2, -0.15) is 0 Å². The van der Waals surface area contributed by atoms with Crippen molar-refractivity contribution in [3.05, 3.63) is 11.6 Å². The molecule has 3 saturated carbocycles. The van der Waals surface area contributed by atoms with Gasteiger partial charge >= 0.3 is 0 Å². The van der Waals surface area contributed by atoms with Crippen LogP contribution in [-0.4, -0.2) is 86.6 Å². The average Bonchev–Trinajstić information content (AvgIpc) is 3.25. The zero-order valence-electron chi connectivity index (χ0n) is 23.9. The van der Waals surface area contributed by atoms with Gasteiger partial charge < -0.3 is 35.6 Å². The number of carbonyl (C=O) groups is 1. The van der Waals surface area contributed by atoms with Gasteiger partial charge in [0.2, 0.25) is 0 Å². The summed E-state index contributed by atoms with van der Waals surface area (Å²) in [5.41, 5.74) is -3.27. The molecule has 0 aromatic heterocycles. The van der Waals surface area contributed by atoms with Crippen LogP contribution in [0.4, 0.5) is 0 Å². The van der Waals surface area contributed by atoms with Crippen molar-refractivity contribution in [1.29, 1.82) is 0 Å². The van der Waals surface area contributed by atoms with Crippen molar-refractivity contribution in [2.24, 2.45) is 40.4 Å². The summed E-state index contributed by atoms with van der Waals surface area (Å²) < 4.78 is 6.47. The predicted molar refractivity (Wildman–Crippen MR) is 142 cm³/mol. The molecule has 8 nitrogen and oxygen atoms in total. The minimum Gasteiger partial charge on any atom is -0.390 e. The molecule has 216 valence electrons. The highest BCUT2D eigenvalue weighted by Gasteiger charge is 2.75. The number of ether oxygens (including phenoxy) is 1. The molecule has 14 atom stereocenters. The van der Waals surface area contributed by atoms with Crippen molar-refractivity contribution in [3.8, 4) is 0 Å². The average molecular weight is 536 g/mol. The van der Waals surface area contributed by atoms with Crippen molar-refractivity contribution < 1.29 is 35.1 Å². The zero-order valence-corrected chi connectivity index (χ0v) is 23.9. The Morgan fingerprint density at radius 3 is 2.45 bits per heavy atom. The number of allylic oxidation sites excluding steroid dienone is 1. The van der Waals surface area contributed by atoms with E-state index in [-0.39, 0.29) is 42.3 Å². The van der Waals surface area contributed by atoms with Crippen LogP contribution in [0.25, 0.3) is 0 Å². The quantitative estimate of drug-likeness (QED) is 0.301. The van der Waals surface area contributed by atoms with Gasteiger partial charge in [0.1, 0.15) is 6.10 Å². The summed E-state index contributed by atoms with van der Waals surface area (Å²) in [5.74, 6) is -0.815. The van der Waals surface area contributed by atoms with E-state index in [1.165, 1.54) is 0 Å². The normalized spacial score (nSPS) is 52.3. The van der Waals surface area contributed by atoms with Crippen molar-refractivity contribution in [2.45, 2.75) is 115 Å². The number of nitrogens with one attached hydrogen (secondary N) is 1. The third-order valence-corrected chi connectivity index (χ3v) is 12.2. The molecule has 14 unspecified atom stereocenters. The van der Waals surface area contributed by atoms with E-state index in [4.69, 9.17) is 4.74 Å². The molecule has 4 fully saturated rings. The second-order valence-electron chi connectivity index (χ2n) is 14.2. The van der Waals surface area contributed by atoms with Gasteiger partial charge in [-0.15, -0.1) is 0 Å². The lowest BCUT2D eigenvalue weighted by atomic mass is 9.45. The Morgan fingerprint density at radius 1 is 1.11 bits per heavy atom. The number of carbonyl (C=O) groups excluding carboxylic acids is 1. The van der Waals surface area contributed by atoms with E-state index in [9.17, 15) is 30.3 Å². The standard InChI is InChI=1S/C30H49NO7/c1-15(8-10-31-6)16(2)24(35)26-29(5,36)25-23(38-26)14-30(37)18-11-20(32)19-12-21(33)22(34)13-27(19,3)17(18)7-9-28(25,30)4/h11,15-17,19,21-26,31,33-37H,7-10,12-14H2,1-6H3. The van der Waals surface area contributed by atoms with Crippen LogP contribution in [0.2, 0.25) is 0 Å². The van der Waals surface area contributed by atoms with Crippen molar-refractivity contribution in [2.75, 3.05) is 13.6 Å². The monoisotopic (exact) mass is 535 g/mol. The van der Waals surface area contributed by atoms with Gasteiger partial charge in [-0.05, 0) is 87.4 Å². The molecule has 0 spiro atoms. The van der Waals surface area contributed by atoms with Gasteiger partial charge in [0.05, 0.1) is 35.6 Å². The molecular weight excluding hydrogens is 486 g/mol. The second-order valence-corrected chi connectivity index (χ2v) is 14.2. The number of ketones is 1. The highest BCUT2D eigenvalue weighted by Crippen LogP contribution is 2.70. The molecule has 0 aromatic rings. The number of aliphatic hydroxyl groups excluding tert-OH is 3. The van der Waals surface area contributed by atoms with Crippen LogP contribution in [0.15, 0.2) is 11.6 Å². The Hall–Kier alpha value is -0.870. The van der Waals surface area contributed by atoms with Crippen LogP contribution < -0.4 is 5.32 Å². The first-order valence-electron chi connectivity index (χ1n) is 14.7. The molecule has 0 aromatic carbocycles. The zero-order chi connectivity index (χ0) is 28.0. The van der Waals surface area contributed by atoms with Gasteiger partial charge in [-0.1, -0.05) is 27.7 Å². The first-order chi connectivity index (χ1) is 17.6. The molecule has 1 saturated heterocycles. The number of hydrogen-bond acceptors (Lipinski definition) is 8. The highest BCUT2D eigenvalue weighted by atomic mass is 16.5. The lowest BCUT2D eigenvalue weighted by Gasteiger charge is -2.60. The van der Waals surface area contributed by atoms with Gasteiger partial charge in [-0.25, -0.2) is 0 Å². The lowest BCUT2D eigenvalue weighted by Crippen LogP contribution is -2.63. The fraction of sp³-hybridized carbons (Fsp3) is 0.900. The summed E-state index contributed by atoms with van der Waals surface area (Å²) >= 11 is 0. The van der Waals surface area contributed by atoms with E-state index in [1.54, 1.807) is 13.0 Å². The molecule has 1 aliphatic heterocycles. The Labute approximate surface area is 226 Å². The summed E-state index contributed by atoms with van der Waals surface area (Å²) in [6, 6.07) is 0. The van der Waals surface area contributed by atoms with E-state index < -0.39 is 58.5 Å². The van der Waals surface area contributed by atoms with Crippen LogP contribution in [0.1, 0.15) is 73.1 Å². The molecular formula is C30H49NO7. The Morgan fingerprint density at radius 2 is 1.79 bits per heavy atom. The number of hydrogen-bond donors (Lipinski definition) is 6. The summed E-state index contributed by atoms with van der Waals surface area (Å²) in [6.07, 6.45) is 0.840. The molecule has 0 radical (unpaired) electrons. The SMILES string of the molecule is CNCCC(C)C(C)C(O)C1OC2CC3(O)C4=CC(=O)C5CC(O)C(O)CC5(C)C4CCC3(C)C2C1(C)O. The molecule has 38 heavy (non-hydrogen) atoms. The summed E-state index contributed by atoms with van der Waals surface area (Å²) in [4.78, 5) is 13.4. The largest absolute Gasteiger partial charge is 0.390 e. The number of rotatable bonds is 6. The van der Waals surface area contributed by atoms with Crippen LogP contribution >= 0.6 is 0 Å². The molecule has 5 rings (SSSR count). The molecule has 6 N–H and O–H groups in total. The first kappa shape index (κ1) is 28.7. The third-order valence-electron chi connectivity index (χ3n) is 12.2. The maximum atomic E-state index is 13.4. The molecule has 1 heterocycles. The summed E-state index contributed by atoms with van der Waals surface area (Å²) in [5, 5.41) is 59.9. The van der Waals surface area contributed by atoms with E-state index >= 15 is 0 Å². The fourth-order valence-electron chi connectivity index (χ4n) is 9.71. The van der Waals surface area contributed by atoms with E-state index in [0.29, 0.717) is 18.4 Å². The minimum absolute atomic E-state index is 0.0790. The van der Waals surface area contributed by atoms with Crippen LogP contribution in [0, 0.1) is 40.4 Å². The van der Waals surface area contributed by atoms with Gasteiger partial charge in [0.15, 0.2) is 5.78 Å². The Kier molecular flexibility index (Phi) is 7.03. The van der Waals surface area contributed by atoms with Gasteiger partial charge in [-0.3, -0.25) is 4.79 Å². The Bertz CT molecular complexity index is 984. The van der Waals surface area contributed by atoms with E-state index in [1.807, 2.05) is 27.8 Å². The van der Waals surface area contributed by atoms with E-state index in [2.05, 4.69) is 12.2 Å². The Balaban J connectivity index is 1.45. The molecule has 0 amide bonds. The fourth-order valence-corrected chi connectivity index (χ4v) is 9.71. The lowest BCUT2D eigenvalue weighted by molar-refractivity contribution is -0.175. The van der Waals surface area contributed by atoms with E-state index in [0.717, 1.165) is 19.4 Å². The molecule has 5 aliphatic rings. The summed E-state index contributed by atoms with van der Waals surface area (Å²) in [7, 11) is 1.91. The van der Waals surface area contributed by atoms with Crippen LogP contribution in [-0.2, 0) is 9.53 Å². The second kappa shape index (κ2) is 9.33. The smallest absolute Gasteiger partial charge is 0.159 e. The topological polar surface area (TPSA) is 139 Å². The molecule has 0 bridgehead atoms.